The second-order valence-electron chi connectivity index (χ2n) is 6.49. The van der Waals surface area contributed by atoms with Crippen LogP contribution in [-0.2, 0) is 22.1 Å². The summed E-state index contributed by atoms with van der Waals surface area (Å²) in [5, 5.41) is 2.80. The molecule has 2 aromatic rings. The minimum absolute atomic E-state index is 0.166. The van der Waals surface area contributed by atoms with Gasteiger partial charge in [-0.15, -0.1) is 0 Å². The highest BCUT2D eigenvalue weighted by atomic mass is 79.9. The molecule has 0 aliphatic carbocycles. The number of nitrogens with one attached hydrogen (secondary N) is 1. The third-order valence-electron chi connectivity index (χ3n) is 4.60. The maximum Gasteiger partial charge on any atom is 0.416 e. The van der Waals surface area contributed by atoms with Gasteiger partial charge in [-0.1, -0.05) is 46.3 Å². The summed E-state index contributed by atoms with van der Waals surface area (Å²) in [7, 11) is 1.58. The first-order chi connectivity index (χ1) is 13.3. The van der Waals surface area contributed by atoms with Crippen molar-refractivity contribution >= 4 is 27.3 Å². The third kappa shape index (κ3) is 4.41. The van der Waals surface area contributed by atoms with Crippen LogP contribution in [0.15, 0.2) is 58.9 Å². The average molecular weight is 454 g/mol. The van der Waals surface area contributed by atoms with Crippen LogP contribution in [0.3, 0.4) is 0 Å². The highest BCUT2D eigenvalue weighted by Crippen LogP contribution is 2.35. The summed E-state index contributed by atoms with van der Waals surface area (Å²) < 4.78 is 45.8. The number of benzene rings is 2. The normalized spacial score (nSPS) is 17.0. The first-order valence-electron chi connectivity index (χ1n) is 8.85. The fourth-order valence-electron chi connectivity index (χ4n) is 3.20. The van der Waals surface area contributed by atoms with Gasteiger partial charge in [0.2, 0.25) is 5.78 Å². The standard InChI is InChI=1S/C21H19BrF3NO2/c1-26-20-18(14-8-4-9-15(12-14)21(23,24)25)19(27)17(28-20)11-5-7-13-6-2-3-10-16(13)22/h2-4,6,8-10,12,17,26H,5,7,11H2,1H3. The molecule has 3 nitrogen and oxygen atoms in total. The van der Waals surface area contributed by atoms with Crippen molar-refractivity contribution in [3.05, 3.63) is 75.6 Å². The number of hydrogen-bond donors (Lipinski definition) is 1. The molecule has 0 amide bonds. The van der Waals surface area contributed by atoms with E-state index in [-0.39, 0.29) is 22.8 Å². The second-order valence-corrected chi connectivity index (χ2v) is 7.34. The number of rotatable bonds is 6. The molecule has 28 heavy (non-hydrogen) atoms. The van der Waals surface area contributed by atoms with Crippen LogP contribution in [0.2, 0.25) is 0 Å². The first-order valence-corrected chi connectivity index (χ1v) is 9.64. The minimum Gasteiger partial charge on any atom is -0.467 e. The van der Waals surface area contributed by atoms with Gasteiger partial charge in [0.1, 0.15) is 0 Å². The van der Waals surface area contributed by atoms with Crippen molar-refractivity contribution in [1.29, 1.82) is 0 Å². The van der Waals surface area contributed by atoms with Gasteiger partial charge in [0.05, 0.1) is 11.1 Å². The molecule has 1 heterocycles. The Kier molecular flexibility index (Phi) is 6.13. The number of alkyl halides is 3. The predicted molar refractivity (Wildman–Crippen MR) is 104 cm³/mol. The van der Waals surface area contributed by atoms with Crippen LogP contribution in [0.1, 0.15) is 29.5 Å². The van der Waals surface area contributed by atoms with E-state index in [2.05, 4.69) is 21.2 Å². The summed E-state index contributed by atoms with van der Waals surface area (Å²) in [6.07, 6.45) is -3.21. The molecule has 1 atom stereocenters. The van der Waals surface area contributed by atoms with Gasteiger partial charge in [-0.3, -0.25) is 4.79 Å². The van der Waals surface area contributed by atoms with Gasteiger partial charge >= 0.3 is 6.18 Å². The molecule has 3 rings (SSSR count). The molecule has 1 unspecified atom stereocenters. The van der Waals surface area contributed by atoms with Crippen LogP contribution in [0.4, 0.5) is 13.2 Å². The van der Waals surface area contributed by atoms with Gasteiger partial charge in [-0.25, -0.2) is 0 Å². The maximum absolute atomic E-state index is 13.0. The lowest BCUT2D eigenvalue weighted by Gasteiger charge is -2.11. The van der Waals surface area contributed by atoms with E-state index in [4.69, 9.17) is 4.74 Å². The van der Waals surface area contributed by atoms with Crippen LogP contribution < -0.4 is 5.32 Å². The van der Waals surface area contributed by atoms with Crippen molar-refractivity contribution in [2.24, 2.45) is 0 Å². The van der Waals surface area contributed by atoms with Crippen molar-refractivity contribution in [1.82, 2.24) is 5.32 Å². The Morgan fingerprint density at radius 2 is 1.89 bits per heavy atom. The quantitative estimate of drug-likeness (QED) is 0.640. The number of aryl methyl sites for hydroxylation is 1. The predicted octanol–water partition coefficient (Wildman–Crippen LogP) is 5.35. The van der Waals surface area contributed by atoms with Crippen molar-refractivity contribution in [3.8, 4) is 0 Å². The van der Waals surface area contributed by atoms with E-state index in [1.165, 1.54) is 12.1 Å². The Labute approximate surface area is 169 Å². The van der Waals surface area contributed by atoms with Crippen LogP contribution >= 0.6 is 15.9 Å². The van der Waals surface area contributed by atoms with E-state index in [1.807, 2.05) is 24.3 Å². The fraction of sp³-hybridized carbons (Fsp3) is 0.286. The Hall–Kier alpha value is -2.28. The van der Waals surface area contributed by atoms with E-state index >= 15 is 0 Å². The summed E-state index contributed by atoms with van der Waals surface area (Å²) >= 11 is 3.50. The number of ketones is 1. The van der Waals surface area contributed by atoms with Gasteiger partial charge in [0.25, 0.3) is 0 Å². The summed E-state index contributed by atoms with van der Waals surface area (Å²) in [6.45, 7) is 0. The molecule has 1 aliphatic rings. The first kappa shape index (κ1) is 20.5. The monoisotopic (exact) mass is 453 g/mol. The van der Waals surface area contributed by atoms with Crippen molar-refractivity contribution in [3.63, 3.8) is 0 Å². The van der Waals surface area contributed by atoms with E-state index in [1.54, 1.807) is 7.05 Å². The Morgan fingerprint density at radius 1 is 1.14 bits per heavy atom. The Balaban J connectivity index is 1.73. The molecular formula is C21H19BrF3NO2. The SMILES string of the molecule is CNC1=C(c2cccc(C(F)(F)F)c2)C(=O)C(CCCc2ccccc2Br)O1. The minimum atomic E-state index is -4.47. The highest BCUT2D eigenvalue weighted by molar-refractivity contribution is 9.10. The van der Waals surface area contributed by atoms with E-state index < -0.39 is 17.8 Å². The second kappa shape index (κ2) is 8.39. The average Bonchev–Trinajstić information content (AvgIpc) is 2.98. The molecule has 1 aliphatic heterocycles. The number of hydrogen-bond acceptors (Lipinski definition) is 3. The van der Waals surface area contributed by atoms with E-state index in [9.17, 15) is 18.0 Å². The van der Waals surface area contributed by atoms with Crippen LogP contribution in [-0.4, -0.2) is 18.9 Å². The van der Waals surface area contributed by atoms with Gasteiger partial charge < -0.3 is 10.1 Å². The molecule has 148 valence electrons. The van der Waals surface area contributed by atoms with Crippen molar-refractivity contribution in [2.75, 3.05) is 7.05 Å². The van der Waals surface area contributed by atoms with E-state index in [0.717, 1.165) is 28.6 Å². The molecule has 0 bridgehead atoms. The highest BCUT2D eigenvalue weighted by Gasteiger charge is 2.37. The number of halogens is 4. The zero-order chi connectivity index (χ0) is 20.3. The zero-order valence-corrected chi connectivity index (χ0v) is 16.7. The molecular weight excluding hydrogens is 435 g/mol. The largest absolute Gasteiger partial charge is 0.467 e. The van der Waals surface area contributed by atoms with Gasteiger partial charge in [-0.2, -0.15) is 13.2 Å². The molecule has 7 heteroatoms. The fourth-order valence-corrected chi connectivity index (χ4v) is 3.69. The smallest absolute Gasteiger partial charge is 0.416 e. The third-order valence-corrected chi connectivity index (χ3v) is 5.38. The molecule has 0 saturated heterocycles. The van der Waals surface area contributed by atoms with Crippen LogP contribution in [0.5, 0.6) is 0 Å². The summed E-state index contributed by atoms with van der Waals surface area (Å²) in [4.78, 5) is 12.8. The Bertz CT molecular complexity index is 909. The molecule has 1 N–H and O–H groups in total. The lowest BCUT2D eigenvalue weighted by Crippen LogP contribution is -2.19. The molecule has 0 radical (unpaired) electrons. The lowest BCUT2D eigenvalue weighted by atomic mass is 9.96. The number of Topliss-reactive ketones (excluding diaryl/α,β-unsaturated/α-hetero) is 1. The molecule has 0 spiro atoms. The summed E-state index contributed by atoms with van der Waals surface area (Å²) in [6, 6.07) is 12.6. The van der Waals surface area contributed by atoms with Gasteiger partial charge in [0.15, 0.2) is 12.0 Å². The van der Waals surface area contributed by atoms with E-state index in [0.29, 0.717) is 12.8 Å². The van der Waals surface area contributed by atoms with Gasteiger partial charge in [-0.05, 0) is 48.6 Å². The van der Waals surface area contributed by atoms with Crippen LogP contribution in [0, 0.1) is 0 Å². The van der Waals surface area contributed by atoms with Gasteiger partial charge in [0, 0.05) is 11.5 Å². The molecule has 0 aromatic heterocycles. The summed E-state index contributed by atoms with van der Waals surface area (Å²) in [5.41, 5.74) is 0.711. The molecule has 2 aromatic carbocycles. The number of ether oxygens (including phenoxy) is 1. The van der Waals surface area contributed by atoms with Crippen molar-refractivity contribution in [2.45, 2.75) is 31.5 Å². The Morgan fingerprint density at radius 3 is 2.57 bits per heavy atom. The number of carbonyl (C=O) groups excluding carboxylic acids is 1. The lowest BCUT2D eigenvalue weighted by molar-refractivity contribution is -0.137. The maximum atomic E-state index is 13.0. The topological polar surface area (TPSA) is 38.3 Å². The molecule has 0 fully saturated rings. The molecule has 0 saturated carbocycles. The summed E-state index contributed by atoms with van der Waals surface area (Å²) in [5.74, 6) is -0.0778. The number of carbonyl (C=O) groups is 1. The van der Waals surface area contributed by atoms with Crippen LogP contribution in [0.25, 0.3) is 5.57 Å². The van der Waals surface area contributed by atoms with Crippen molar-refractivity contribution < 1.29 is 22.7 Å². The zero-order valence-electron chi connectivity index (χ0n) is 15.1.